The molecule has 0 aromatic carbocycles. The van der Waals surface area contributed by atoms with Gasteiger partial charge in [-0.15, -0.1) is 0 Å². The van der Waals surface area contributed by atoms with Crippen LogP contribution in [0.1, 0.15) is 5.69 Å². The van der Waals surface area contributed by atoms with E-state index < -0.39 is 0 Å². The quantitative estimate of drug-likeness (QED) is 0.573. The van der Waals surface area contributed by atoms with E-state index in [0.29, 0.717) is 11.4 Å². The molecular formula is C6H8N2S. The Morgan fingerprint density at radius 1 is 1.67 bits per heavy atom. The third-order valence-corrected chi connectivity index (χ3v) is 1.37. The molecular weight excluding hydrogens is 132 g/mol. The summed E-state index contributed by atoms with van der Waals surface area (Å²) in [4.78, 5) is 4.00. The van der Waals surface area contributed by atoms with E-state index in [2.05, 4.69) is 17.6 Å². The van der Waals surface area contributed by atoms with Crippen LogP contribution in [0.3, 0.4) is 0 Å². The molecule has 1 heterocycles. The van der Waals surface area contributed by atoms with Crippen molar-refractivity contribution in [3.63, 3.8) is 0 Å². The fraction of sp³-hybridized carbons (Fsp3) is 0.167. The number of nitrogen functional groups attached to an aromatic ring is 1. The van der Waals surface area contributed by atoms with Crippen molar-refractivity contribution < 1.29 is 0 Å². The second-order valence-corrected chi connectivity index (χ2v) is 2.01. The van der Waals surface area contributed by atoms with Crippen LogP contribution in [-0.4, -0.2) is 4.98 Å². The van der Waals surface area contributed by atoms with Crippen LogP contribution in [0.2, 0.25) is 0 Å². The van der Waals surface area contributed by atoms with Gasteiger partial charge in [-0.25, -0.2) is 0 Å². The van der Waals surface area contributed by atoms with Gasteiger partial charge in [0.1, 0.15) is 0 Å². The van der Waals surface area contributed by atoms with Crippen molar-refractivity contribution in [2.45, 2.75) is 5.75 Å². The van der Waals surface area contributed by atoms with Crippen molar-refractivity contribution in [2.24, 2.45) is 0 Å². The number of rotatable bonds is 1. The zero-order chi connectivity index (χ0) is 6.69. The van der Waals surface area contributed by atoms with Gasteiger partial charge >= 0.3 is 0 Å². The highest BCUT2D eigenvalue weighted by atomic mass is 32.1. The maximum absolute atomic E-state index is 5.52. The summed E-state index contributed by atoms with van der Waals surface area (Å²) in [7, 11) is 0. The number of thiol groups is 1. The SMILES string of the molecule is Nc1cccnc1CS. The van der Waals surface area contributed by atoms with E-state index in [4.69, 9.17) is 5.73 Å². The monoisotopic (exact) mass is 140 g/mol. The molecule has 2 N–H and O–H groups in total. The van der Waals surface area contributed by atoms with Crippen LogP contribution in [0.15, 0.2) is 18.3 Å². The maximum atomic E-state index is 5.52. The number of nitrogens with two attached hydrogens (primary N) is 1. The molecule has 0 fully saturated rings. The second-order valence-electron chi connectivity index (χ2n) is 1.70. The third kappa shape index (κ3) is 1.36. The summed E-state index contributed by atoms with van der Waals surface area (Å²) in [5, 5.41) is 0. The molecule has 0 aliphatic carbocycles. The first kappa shape index (κ1) is 6.42. The van der Waals surface area contributed by atoms with Crippen molar-refractivity contribution in [3.05, 3.63) is 24.0 Å². The highest BCUT2D eigenvalue weighted by Gasteiger charge is 1.92. The summed E-state index contributed by atoms with van der Waals surface area (Å²) >= 11 is 4.04. The fourth-order valence-corrected chi connectivity index (χ4v) is 0.847. The molecule has 0 aliphatic rings. The third-order valence-electron chi connectivity index (χ3n) is 1.08. The first-order valence-electron chi connectivity index (χ1n) is 2.65. The summed E-state index contributed by atoms with van der Waals surface area (Å²) in [5.74, 6) is 0.604. The lowest BCUT2D eigenvalue weighted by Crippen LogP contribution is -1.93. The van der Waals surface area contributed by atoms with E-state index in [-0.39, 0.29) is 0 Å². The smallest absolute Gasteiger partial charge is 0.0728 e. The van der Waals surface area contributed by atoms with Gasteiger partial charge in [0.25, 0.3) is 0 Å². The molecule has 0 unspecified atom stereocenters. The van der Waals surface area contributed by atoms with Crippen molar-refractivity contribution in [1.82, 2.24) is 4.98 Å². The molecule has 1 aromatic heterocycles. The Morgan fingerprint density at radius 3 is 2.89 bits per heavy atom. The minimum Gasteiger partial charge on any atom is -0.397 e. The van der Waals surface area contributed by atoms with Crippen LogP contribution < -0.4 is 5.73 Å². The van der Waals surface area contributed by atoms with E-state index in [1.807, 2.05) is 12.1 Å². The van der Waals surface area contributed by atoms with Crippen molar-refractivity contribution >= 4 is 18.3 Å². The molecule has 1 aromatic rings. The summed E-state index contributed by atoms with van der Waals surface area (Å²) in [5.41, 5.74) is 7.08. The molecule has 0 amide bonds. The number of pyridine rings is 1. The lowest BCUT2D eigenvalue weighted by Gasteiger charge is -1.96. The van der Waals surface area contributed by atoms with Gasteiger partial charge in [0.15, 0.2) is 0 Å². The van der Waals surface area contributed by atoms with Gasteiger partial charge in [0.05, 0.1) is 11.4 Å². The lowest BCUT2D eigenvalue weighted by atomic mass is 10.3. The van der Waals surface area contributed by atoms with E-state index in [1.165, 1.54) is 0 Å². The Kier molecular flexibility index (Phi) is 1.95. The number of hydrogen-bond acceptors (Lipinski definition) is 3. The molecule has 2 nitrogen and oxygen atoms in total. The number of nitrogens with zero attached hydrogens (tertiary/aromatic N) is 1. The molecule has 0 saturated heterocycles. The predicted octanol–water partition coefficient (Wildman–Crippen LogP) is 1.09. The average molecular weight is 140 g/mol. The molecule has 0 saturated carbocycles. The Balaban J connectivity index is 3.01. The topological polar surface area (TPSA) is 38.9 Å². The first-order chi connectivity index (χ1) is 4.34. The Labute approximate surface area is 59.5 Å². The molecule has 0 spiro atoms. The minimum absolute atomic E-state index is 0.604. The van der Waals surface area contributed by atoms with Crippen LogP contribution in [0.5, 0.6) is 0 Å². The number of anilines is 1. The highest BCUT2D eigenvalue weighted by molar-refractivity contribution is 7.79. The maximum Gasteiger partial charge on any atom is 0.0728 e. The average Bonchev–Trinajstić information content (AvgIpc) is 1.89. The van der Waals surface area contributed by atoms with Gasteiger partial charge in [-0.05, 0) is 12.1 Å². The van der Waals surface area contributed by atoms with E-state index in [1.54, 1.807) is 6.20 Å². The first-order valence-corrected chi connectivity index (χ1v) is 3.28. The lowest BCUT2D eigenvalue weighted by molar-refractivity contribution is 1.19. The fourth-order valence-electron chi connectivity index (χ4n) is 0.583. The molecule has 0 bridgehead atoms. The largest absolute Gasteiger partial charge is 0.397 e. The van der Waals surface area contributed by atoms with Gasteiger partial charge in [-0.3, -0.25) is 4.98 Å². The van der Waals surface area contributed by atoms with E-state index in [0.717, 1.165) is 5.69 Å². The van der Waals surface area contributed by atoms with Crippen LogP contribution in [0.25, 0.3) is 0 Å². The molecule has 48 valence electrons. The van der Waals surface area contributed by atoms with Crippen LogP contribution in [0.4, 0.5) is 5.69 Å². The molecule has 0 atom stereocenters. The zero-order valence-electron chi connectivity index (χ0n) is 4.91. The van der Waals surface area contributed by atoms with Crippen molar-refractivity contribution in [2.75, 3.05) is 5.73 Å². The van der Waals surface area contributed by atoms with E-state index >= 15 is 0 Å². The van der Waals surface area contributed by atoms with Gasteiger partial charge in [0.2, 0.25) is 0 Å². The van der Waals surface area contributed by atoms with E-state index in [9.17, 15) is 0 Å². The van der Waals surface area contributed by atoms with Crippen LogP contribution in [-0.2, 0) is 5.75 Å². The number of aromatic nitrogens is 1. The normalized spacial score (nSPS) is 9.44. The van der Waals surface area contributed by atoms with Crippen LogP contribution >= 0.6 is 12.6 Å². The van der Waals surface area contributed by atoms with Crippen LogP contribution in [0, 0.1) is 0 Å². The Hall–Kier alpha value is -0.700. The van der Waals surface area contributed by atoms with Gasteiger partial charge in [-0.1, -0.05) is 0 Å². The predicted molar refractivity (Wildman–Crippen MR) is 41.3 cm³/mol. The molecule has 9 heavy (non-hydrogen) atoms. The highest BCUT2D eigenvalue weighted by Crippen LogP contribution is 2.07. The van der Waals surface area contributed by atoms with Gasteiger partial charge in [-0.2, -0.15) is 12.6 Å². The molecule has 1 rings (SSSR count). The van der Waals surface area contributed by atoms with Crippen molar-refractivity contribution in [1.29, 1.82) is 0 Å². The van der Waals surface area contributed by atoms with Crippen molar-refractivity contribution in [3.8, 4) is 0 Å². The summed E-state index contributed by atoms with van der Waals surface area (Å²) in [6.07, 6.45) is 1.71. The second kappa shape index (κ2) is 2.73. The summed E-state index contributed by atoms with van der Waals surface area (Å²) in [6, 6.07) is 3.63. The minimum atomic E-state index is 0.604. The molecule has 3 heteroatoms. The summed E-state index contributed by atoms with van der Waals surface area (Å²) in [6.45, 7) is 0. The standard InChI is InChI=1S/C6H8N2S/c7-5-2-1-3-8-6(5)4-9/h1-3,9H,4,7H2. The molecule has 0 radical (unpaired) electrons. The Bertz CT molecular complexity index is 200. The Morgan fingerprint density at radius 2 is 2.44 bits per heavy atom. The summed E-state index contributed by atoms with van der Waals surface area (Å²) < 4.78 is 0. The molecule has 0 aliphatic heterocycles. The van der Waals surface area contributed by atoms with Gasteiger partial charge in [0, 0.05) is 11.9 Å². The van der Waals surface area contributed by atoms with Gasteiger partial charge < -0.3 is 5.73 Å². The zero-order valence-corrected chi connectivity index (χ0v) is 5.81. The number of hydrogen-bond donors (Lipinski definition) is 2.